The lowest BCUT2D eigenvalue weighted by molar-refractivity contribution is -0.133. The zero-order valence-electron chi connectivity index (χ0n) is 13.1. The lowest BCUT2D eigenvalue weighted by Crippen LogP contribution is -2.51. The summed E-state index contributed by atoms with van der Waals surface area (Å²) in [6, 6.07) is 0.494. The molecule has 1 atom stereocenters. The van der Waals surface area contributed by atoms with Crippen molar-refractivity contribution in [2.24, 2.45) is 0 Å². The Morgan fingerprint density at radius 1 is 1.27 bits per heavy atom. The van der Waals surface area contributed by atoms with Crippen LogP contribution in [0.4, 0.5) is 0 Å². The van der Waals surface area contributed by atoms with Crippen molar-refractivity contribution in [3.63, 3.8) is 0 Å². The molecule has 122 valence electrons. The summed E-state index contributed by atoms with van der Waals surface area (Å²) in [5, 5.41) is 21.0. The molecule has 1 unspecified atom stereocenters. The zero-order valence-corrected chi connectivity index (χ0v) is 13.1. The Morgan fingerprint density at radius 3 is 2.68 bits per heavy atom. The summed E-state index contributed by atoms with van der Waals surface area (Å²) >= 11 is 0. The summed E-state index contributed by atoms with van der Waals surface area (Å²) in [6.07, 6.45) is 3.76. The number of hydrogen-bond acceptors (Lipinski definition) is 6. The van der Waals surface area contributed by atoms with Crippen molar-refractivity contribution in [1.29, 1.82) is 0 Å². The van der Waals surface area contributed by atoms with Crippen molar-refractivity contribution >= 4 is 5.91 Å². The van der Waals surface area contributed by atoms with Crippen molar-refractivity contribution in [2.75, 3.05) is 26.2 Å². The van der Waals surface area contributed by atoms with E-state index >= 15 is 0 Å². The lowest BCUT2D eigenvalue weighted by atomic mass is 9.99. The second-order valence-electron chi connectivity index (χ2n) is 6.29. The first kappa shape index (κ1) is 15.4. The fraction of sp³-hybridized carbons (Fsp3) is 0.857. The SMILES string of the molecule is Cc1nnnn1CC(=O)N1CCC(N2CCCC(O)C2)CC1. The van der Waals surface area contributed by atoms with Gasteiger partial charge in [-0.1, -0.05) is 0 Å². The summed E-state index contributed by atoms with van der Waals surface area (Å²) in [5.74, 6) is 0.734. The third kappa shape index (κ3) is 3.44. The number of aryl methyl sites for hydroxylation is 1. The third-order valence-electron chi connectivity index (χ3n) is 4.76. The van der Waals surface area contributed by atoms with Crippen LogP contribution in [0.1, 0.15) is 31.5 Å². The van der Waals surface area contributed by atoms with Crippen molar-refractivity contribution in [1.82, 2.24) is 30.0 Å². The lowest BCUT2D eigenvalue weighted by Gasteiger charge is -2.41. The van der Waals surface area contributed by atoms with E-state index in [2.05, 4.69) is 20.4 Å². The van der Waals surface area contributed by atoms with Crippen molar-refractivity contribution in [2.45, 2.75) is 51.3 Å². The maximum atomic E-state index is 12.3. The van der Waals surface area contributed by atoms with Gasteiger partial charge < -0.3 is 10.0 Å². The molecule has 0 aromatic carbocycles. The number of aliphatic hydroxyl groups is 1. The van der Waals surface area contributed by atoms with Crippen LogP contribution in [0.25, 0.3) is 0 Å². The fourth-order valence-electron chi connectivity index (χ4n) is 3.42. The highest BCUT2D eigenvalue weighted by atomic mass is 16.3. The molecule has 8 heteroatoms. The Morgan fingerprint density at radius 2 is 2.05 bits per heavy atom. The monoisotopic (exact) mass is 308 g/mol. The average Bonchev–Trinajstić information content (AvgIpc) is 2.92. The summed E-state index contributed by atoms with van der Waals surface area (Å²) in [7, 11) is 0. The Balaban J connectivity index is 1.49. The predicted octanol–water partition coefficient (Wildman–Crippen LogP) is -0.571. The van der Waals surface area contributed by atoms with Crippen LogP contribution in [0, 0.1) is 6.92 Å². The zero-order chi connectivity index (χ0) is 15.5. The van der Waals surface area contributed by atoms with E-state index in [0.29, 0.717) is 11.9 Å². The van der Waals surface area contributed by atoms with Crippen LogP contribution in [0.5, 0.6) is 0 Å². The molecule has 2 aliphatic heterocycles. The molecular weight excluding hydrogens is 284 g/mol. The molecule has 2 saturated heterocycles. The number of rotatable bonds is 3. The Hall–Kier alpha value is -1.54. The van der Waals surface area contributed by atoms with E-state index in [9.17, 15) is 9.90 Å². The van der Waals surface area contributed by atoms with Crippen LogP contribution in [0.3, 0.4) is 0 Å². The summed E-state index contributed by atoms with van der Waals surface area (Å²) in [5.41, 5.74) is 0. The van der Waals surface area contributed by atoms with E-state index < -0.39 is 0 Å². The van der Waals surface area contributed by atoms with Gasteiger partial charge in [-0.25, -0.2) is 4.68 Å². The number of tetrazole rings is 1. The highest BCUT2D eigenvalue weighted by Gasteiger charge is 2.29. The van der Waals surface area contributed by atoms with E-state index in [1.54, 1.807) is 6.92 Å². The van der Waals surface area contributed by atoms with E-state index in [1.165, 1.54) is 4.68 Å². The quantitative estimate of drug-likeness (QED) is 0.804. The van der Waals surface area contributed by atoms with Crippen LogP contribution < -0.4 is 0 Å². The average molecular weight is 308 g/mol. The second kappa shape index (κ2) is 6.70. The number of likely N-dealkylation sites (tertiary alicyclic amines) is 2. The normalized spacial score (nSPS) is 24.6. The third-order valence-corrected chi connectivity index (χ3v) is 4.76. The number of aliphatic hydroxyl groups excluding tert-OH is 1. The van der Waals surface area contributed by atoms with Gasteiger partial charge in [-0.2, -0.15) is 0 Å². The van der Waals surface area contributed by atoms with Gasteiger partial charge in [-0.15, -0.1) is 5.10 Å². The Kier molecular flexibility index (Phi) is 4.68. The first-order valence-corrected chi connectivity index (χ1v) is 8.06. The number of carbonyl (C=O) groups is 1. The molecular formula is C14H24N6O2. The van der Waals surface area contributed by atoms with Crippen LogP contribution >= 0.6 is 0 Å². The molecule has 3 heterocycles. The highest BCUT2D eigenvalue weighted by Crippen LogP contribution is 2.21. The molecule has 0 saturated carbocycles. The topological polar surface area (TPSA) is 87.4 Å². The van der Waals surface area contributed by atoms with E-state index in [0.717, 1.165) is 51.9 Å². The minimum Gasteiger partial charge on any atom is -0.392 e. The number of hydrogen-bond donors (Lipinski definition) is 1. The maximum absolute atomic E-state index is 12.3. The molecule has 2 aliphatic rings. The molecule has 1 aromatic heterocycles. The number of piperidine rings is 2. The van der Waals surface area contributed by atoms with E-state index in [1.807, 2.05) is 4.90 Å². The van der Waals surface area contributed by atoms with Crippen LogP contribution in [0.15, 0.2) is 0 Å². The summed E-state index contributed by atoms with van der Waals surface area (Å²) < 4.78 is 1.54. The molecule has 22 heavy (non-hydrogen) atoms. The molecule has 2 fully saturated rings. The number of aromatic nitrogens is 4. The standard InChI is InChI=1S/C14H24N6O2/c1-11-15-16-17-20(11)10-14(22)18-7-4-12(5-8-18)19-6-2-3-13(21)9-19/h12-13,21H,2-10H2,1H3. The Bertz CT molecular complexity index is 511. The van der Waals surface area contributed by atoms with Crippen molar-refractivity contribution < 1.29 is 9.90 Å². The first-order valence-electron chi connectivity index (χ1n) is 8.06. The van der Waals surface area contributed by atoms with E-state index in [4.69, 9.17) is 0 Å². The summed E-state index contributed by atoms with van der Waals surface area (Å²) in [4.78, 5) is 16.6. The largest absolute Gasteiger partial charge is 0.392 e. The van der Waals surface area contributed by atoms with Gasteiger partial charge in [0.05, 0.1) is 6.10 Å². The molecule has 0 aliphatic carbocycles. The van der Waals surface area contributed by atoms with Gasteiger partial charge in [0.25, 0.3) is 0 Å². The van der Waals surface area contributed by atoms with Crippen LogP contribution in [0.2, 0.25) is 0 Å². The molecule has 0 spiro atoms. The first-order chi connectivity index (χ1) is 10.6. The molecule has 3 rings (SSSR count). The van der Waals surface area contributed by atoms with Crippen LogP contribution in [-0.2, 0) is 11.3 Å². The van der Waals surface area contributed by atoms with Crippen LogP contribution in [-0.4, -0.2) is 79.3 Å². The van der Waals surface area contributed by atoms with Gasteiger partial charge in [0.1, 0.15) is 12.4 Å². The van der Waals surface area contributed by atoms with Gasteiger partial charge in [0.2, 0.25) is 5.91 Å². The molecule has 8 nitrogen and oxygen atoms in total. The van der Waals surface area contributed by atoms with Gasteiger partial charge in [0, 0.05) is 25.7 Å². The summed E-state index contributed by atoms with van der Waals surface area (Å²) in [6.45, 7) is 5.41. The molecule has 0 radical (unpaired) electrons. The van der Waals surface area contributed by atoms with Gasteiger partial charge in [-0.3, -0.25) is 9.69 Å². The smallest absolute Gasteiger partial charge is 0.244 e. The highest BCUT2D eigenvalue weighted by molar-refractivity contribution is 5.76. The molecule has 0 bridgehead atoms. The van der Waals surface area contributed by atoms with Gasteiger partial charge >= 0.3 is 0 Å². The van der Waals surface area contributed by atoms with Crippen molar-refractivity contribution in [3.8, 4) is 0 Å². The number of amides is 1. The number of nitrogens with zero attached hydrogens (tertiary/aromatic N) is 6. The molecule has 1 N–H and O–H groups in total. The number of carbonyl (C=O) groups excluding carboxylic acids is 1. The minimum absolute atomic E-state index is 0.0764. The second-order valence-corrected chi connectivity index (χ2v) is 6.29. The fourth-order valence-corrected chi connectivity index (χ4v) is 3.42. The predicted molar refractivity (Wildman–Crippen MR) is 79.0 cm³/mol. The molecule has 1 aromatic rings. The van der Waals surface area contributed by atoms with E-state index in [-0.39, 0.29) is 18.6 Å². The Labute approximate surface area is 130 Å². The molecule has 1 amide bonds. The van der Waals surface area contributed by atoms with Crippen molar-refractivity contribution in [3.05, 3.63) is 5.82 Å². The maximum Gasteiger partial charge on any atom is 0.244 e. The van der Waals surface area contributed by atoms with Gasteiger partial charge in [-0.05, 0) is 49.6 Å². The number of β-amino-alcohol motifs (C(OH)–C–C–N with tert-alkyl or cyclic N) is 1. The minimum atomic E-state index is -0.184. The van der Waals surface area contributed by atoms with Gasteiger partial charge in [0.15, 0.2) is 0 Å².